The predicted octanol–water partition coefficient (Wildman–Crippen LogP) is -0.0448. The van der Waals surface area contributed by atoms with Crippen LogP contribution in [0.2, 0.25) is 0 Å². The minimum absolute atomic E-state index is 0.434. The maximum Gasteiger partial charge on any atom is 0.0680 e. The van der Waals surface area contributed by atoms with Gasteiger partial charge in [-0.05, 0) is 0 Å². The fraction of sp³-hybridized carbons (Fsp3) is 0.250. The van der Waals surface area contributed by atoms with Gasteiger partial charge in [-0.1, -0.05) is 6.58 Å². The molecule has 0 radical (unpaired) electrons. The van der Waals surface area contributed by atoms with E-state index in [0.29, 0.717) is 6.54 Å². The Kier molecular flexibility index (Phi) is 2.96. The Morgan fingerprint density at radius 1 is 1.86 bits per heavy atom. The van der Waals surface area contributed by atoms with E-state index in [4.69, 9.17) is 11.3 Å². The third-order valence-corrected chi connectivity index (χ3v) is 0.537. The molecule has 3 heteroatoms. The number of hydrazine groups is 1. The zero-order valence-corrected chi connectivity index (χ0v) is 4.09. The van der Waals surface area contributed by atoms with E-state index in [1.54, 1.807) is 0 Å². The van der Waals surface area contributed by atoms with Crippen LogP contribution in [0.15, 0.2) is 12.8 Å². The summed E-state index contributed by atoms with van der Waals surface area (Å²) < 4.78 is 0. The minimum atomic E-state index is 0.434. The fourth-order valence-electron chi connectivity index (χ4n) is 0.180. The molecule has 0 unspecified atom stereocenters. The SMILES string of the molecule is C=CN(N)CC=N. The Bertz CT molecular complexity index is 69.3. The first-order valence-corrected chi connectivity index (χ1v) is 1.94. The van der Waals surface area contributed by atoms with Crippen molar-refractivity contribution in [2.75, 3.05) is 6.54 Å². The molecule has 0 aromatic heterocycles. The summed E-state index contributed by atoms with van der Waals surface area (Å²) in [7, 11) is 0. The molecule has 0 aliphatic rings. The molecule has 0 saturated heterocycles. The summed E-state index contributed by atoms with van der Waals surface area (Å²) in [4.78, 5) is 0. The second-order valence-corrected chi connectivity index (χ2v) is 1.08. The Labute approximate surface area is 42.9 Å². The third kappa shape index (κ3) is 2.99. The van der Waals surface area contributed by atoms with Gasteiger partial charge in [0.05, 0.1) is 6.54 Å². The van der Waals surface area contributed by atoms with Gasteiger partial charge in [0.15, 0.2) is 0 Å². The molecule has 0 amide bonds. The van der Waals surface area contributed by atoms with E-state index >= 15 is 0 Å². The lowest BCUT2D eigenvalue weighted by Gasteiger charge is -2.06. The molecule has 0 rings (SSSR count). The highest BCUT2D eigenvalue weighted by Crippen LogP contribution is 1.68. The number of rotatable bonds is 3. The first kappa shape index (κ1) is 6.17. The van der Waals surface area contributed by atoms with Crippen molar-refractivity contribution in [3.05, 3.63) is 12.8 Å². The molecule has 0 aromatic rings. The standard InChI is InChI=1S/C4H9N3/c1-2-7(6)4-3-5/h2-3,5H,1,4,6H2. The van der Waals surface area contributed by atoms with Gasteiger partial charge in [-0.2, -0.15) is 0 Å². The molecule has 7 heavy (non-hydrogen) atoms. The molecule has 3 N–H and O–H groups in total. The number of hydrogen-bond donors (Lipinski definition) is 2. The predicted molar refractivity (Wildman–Crippen MR) is 29.9 cm³/mol. The van der Waals surface area contributed by atoms with Gasteiger partial charge in [0.1, 0.15) is 0 Å². The largest absolute Gasteiger partial charge is 0.314 e. The quantitative estimate of drug-likeness (QED) is 0.296. The van der Waals surface area contributed by atoms with Crippen molar-refractivity contribution < 1.29 is 0 Å². The van der Waals surface area contributed by atoms with Crippen molar-refractivity contribution in [1.29, 1.82) is 5.41 Å². The molecule has 0 bridgehead atoms. The van der Waals surface area contributed by atoms with Crippen LogP contribution in [0.4, 0.5) is 0 Å². The summed E-state index contributed by atoms with van der Waals surface area (Å²) in [5.74, 6) is 5.15. The maximum atomic E-state index is 6.54. The highest BCUT2D eigenvalue weighted by molar-refractivity contribution is 5.55. The second-order valence-electron chi connectivity index (χ2n) is 1.08. The van der Waals surface area contributed by atoms with E-state index in [2.05, 4.69) is 6.58 Å². The highest BCUT2D eigenvalue weighted by Gasteiger charge is 1.79. The summed E-state index contributed by atoms with van der Waals surface area (Å²) in [5.41, 5.74) is 0. The average molecular weight is 99.1 g/mol. The van der Waals surface area contributed by atoms with Crippen LogP contribution in [0.25, 0.3) is 0 Å². The molecular weight excluding hydrogens is 90.1 g/mol. The Morgan fingerprint density at radius 2 is 2.43 bits per heavy atom. The van der Waals surface area contributed by atoms with Gasteiger partial charge in [0.2, 0.25) is 0 Å². The zero-order chi connectivity index (χ0) is 5.70. The van der Waals surface area contributed by atoms with E-state index in [1.165, 1.54) is 17.4 Å². The molecule has 0 saturated carbocycles. The number of nitrogens with zero attached hydrogens (tertiary/aromatic N) is 1. The van der Waals surface area contributed by atoms with Crippen LogP contribution in [0.1, 0.15) is 0 Å². The van der Waals surface area contributed by atoms with Crippen LogP contribution in [0.3, 0.4) is 0 Å². The van der Waals surface area contributed by atoms with Gasteiger partial charge in [-0.25, -0.2) is 5.84 Å². The lowest BCUT2D eigenvalue weighted by Crippen LogP contribution is -2.25. The normalized spacial score (nSPS) is 7.57. The number of nitrogens with one attached hydrogen (secondary N) is 1. The topological polar surface area (TPSA) is 53.1 Å². The van der Waals surface area contributed by atoms with Crippen molar-refractivity contribution in [3.63, 3.8) is 0 Å². The van der Waals surface area contributed by atoms with Crippen LogP contribution >= 0.6 is 0 Å². The molecule has 0 fully saturated rings. The molecule has 0 aliphatic heterocycles. The molecule has 0 atom stereocenters. The van der Waals surface area contributed by atoms with E-state index in [0.717, 1.165) is 0 Å². The van der Waals surface area contributed by atoms with Gasteiger partial charge in [0.25, 0.3) is 0 Å². The first-order chi connectivity index (χ1) is 3.31. The Balaban J connectivity index is 3.15. The molecule has 0 heterocycles. The van der Waals surface area contributed by atoms with E-state index < -0.39 is 0 Å². The maximum absolute atomic E-state index is 6.54. The molecule has 3 nitrogen and oxygen atoms in total. The first-order valence-electron chi connectivity index (χ1n) is 1.94. The monoisotopic (exact) mass is 99.1 g/mol. The fourth-order valence-corrected chi connectivity index (χ4v) is 0.180. The van der Waals surface area contributed by atoms with E-state index in [1.807, 2.05) is 0 Å². The summed E-state index contributed by atoms with van der Waals surface area (Å²) in [6.45, 7) is 3.81. The van der Waals surface area contributed by atoms with Gasteiger partial charge < -0.3 is 10.4 Å². The van der Waals surface area contributed by atoms with Gasteiger partial charge >= 0.3 is 0 Å². The van der Waals surface area contributed by atoms with E-state index in [9.17, 15) is 0 Å². The molecule has 0 aliphatic carbocycles. The lowest BCUT2D eigenvalue weighted by atomic mass is 10.7. The van der Waals surface area contributed by atoms with Gasteiger partial charge in [-0.3, -0.25) is 0 Å². The Morgan fingerprint density at radius 3 is 2.57 bits per heavy atom. The van der Waals surface area contributed by atoms with Crippen LogP contribution < -0.4 is 5.84 Å². The Hall–Kier alpha value is -0.830. The van der Waals surface area contributed by atoms with Gasteiger partial charge in [0, 0.05) is 12.4 Å². The van der Waals surface area contributed by atoms with E-state index in [-0.39, 0.29) is 0 Å². The number of nitrogens with two attached hydrogens (primary N) is 1. The zero-order valence-electron chi connectivity index (χ0n) is 4.09. The molecule has 40 valence electrons. The lowest BCUT2D eigenvalue weighted by molar-refractivity contribution is 0.455. The second kappa shape index (κ2) is 3.36. The van der Waals surface area contributed by atoms with Crippen molar-refractivity contribution >= 4 is 6.21 Å². The van der Waals surface area contributed by atoms with Crippen molar-refractivity contribution in [2.24, 2.45) is 5.84 Å². The third-order valence-electron chi connectivity index (χ3n) is 0.537. The summed E-state index contributed by atoms with van der Waals surface area (Å²) >= 11 is 0. The summed E-state index contributed by atoms with van der Waals surface area (Å²) in [6, 6.07) is 0. The molecular formula is C4H9N3. The van der Waals surface area contributed by atoms with Crippen LogP contribution in [0, 0.1) is 5.41 Å². The van der Waals surface area contributed by atoms with Crippen molar-refractivity contribution in [2.45, 2.75) is 0 Å². The van der Waals surface area contributed by atoms with Crippen molar-refractivity contribution in [1.82, 2.24) is 5.01 Å². The van der Waals surface area contributed by atoms with Crippen LogP contribution in [-0.4, -0.2) is 17.8 Å². The highest BCUT2D eigenvalue weighted by atomic mass is 15.4. The molecule has 0 spiro atoms. The summed E-state index contributed by atoms with van der Waals surface area (Å²) in [5, 5.41) is 7.87. The molecule has 0 aromatic carbocycles. The average Bonchev–Trinajstić information content (AvgIpc) is 1.68. The minimum Gasteiger partial charge on any atom is -0.314 e. The smallest absolute Gasteiger partial charge is 0.0680 e. The number of hydrogen-bond acceptors (Lipinski definition) is 3. The van der Waals surface area contributed by atoms with Crippen molar-refractivity contribution in [3.8, 4) is 0 Å². The van der Waals surface area contributed by atoms with Crippen LogP contribution in [-0.2, 0) is 0 Å². The van der Waals surface area contributed by atoms with Gasteiger partial charge in [-0.15, -0.1) is 0 Å². The summed E-state index contributed by atoms with van der Waals surface area (Å²) in [6.07, 6.45) is 2.67. The van der Waals surface area contributed by atoms with Crippen LogP contribution in [0.5, 0.6) is 0 Å².